The fourth-order valence-electron chi connectivity index (χ4n) is 1.64. The lowest BCUT2D eigenvalue weighted by atomic mass is 10.1. The van der Waals surface area contributed by atoms with Crippen molar-refractivity contribution >= 4 is 5.84 Å². The van der Waals surface area contributed by atoms with E-state index in [0.29, 0.717) is 37.7 Å². The van der Waals surface area contributed by atoms with Gasteiger partial charge in [0.05, 0.1) is 12.2 Å². The van der Waals surface area contributed by atoms with Crippen molar-refractivity contribution in [3.8, 4) is 5.75 Å². The molecule has 0 atom stereocenters. The van der Waals surface area contributed by atoms with Gasteiger partial charge in [0.25, 0.3) is 0 Å². The maximum atomic E-state index is 8.77. The van der Waals surface area contributed by atoms with E-state index in [1.54, 1.807) is 13.2 Å². The average Bonchev–Trinajstić information content (AvgIpc) is 2.46. The molecule has 1 aromatic carbocycles. The van der Waals surface area contributed by atoms with Crippen molar-refractivity contribution in [2.24, 2.45) is 10.9 Å². The summed E-state index contributed by atoms with van der Waals surface area (Å²) in [6.45, 7) is 4.14. The third-order valence-electron chi connectivity index (χ3n) is 2.64. The van der Waals surface area contributed by atoms with Crippen LogP contribution in [0, 0.1) is 6.92 Å². The van der Waals surface area contributed by atoms with E-state index in [4.69, 9.17) is 25.2 Å². The lowest BCUT2D eigenvalue weighted by molar-refractivity contribution is 0.0806. The van der Waals surface area contributed by atoms with E-state index < -0.39 is 0 Å². The summed E-state index contributed by atoms with van der Waals surface area (Å²) in [5.41, 5.74) is 7.21. The third-order valence-corrected chi connectivity index (χ3v) is 2.64. The third kappa shape index (κ3) is 5.46. The SMILES string of the molecule is COCCCOCCOc1ccc(C)cc1/C(N)=N/O. The number of hydrogen-bond acceptors (Lipinski definition) is 5. The Bertz CT molecular complexity index is 435. The summed E-state index contributed by atoms with van der Waals surface area (Å²) >= 11 is 0. The van der Waals surface area contributed by atoms with Gasteiger partial charge in [0, 0.05) is 20.3 Å². The zero-order chi connectivity index (χ0) is 14.8. The minimum atomic E-state index is 0.0321. The monoisotopic (exact) mass is 282 g/mol. The number of oxime groups is 1. The second kappa shape index (κ2) is 9.17. The van der Waals surface area contributed by atoms with E-state index in [9.17, 15) is 0 Å². The molecule has 3 N–H and O–H groups in total. The predicted molar refractivity (Wildman–Crippen MR) is 76.5 cm³/mol. The first-order chi connectivity index (χ1) is 9.69. The fourth-order valence-corrected chi connectivity index (χ4v) is 1.64. The van der Waals surface area contributed by atoms with Gasteiger partial charge in [-0.3, -0.25) is 0 Å². The largest absolute Gasteiger partial charge is 0.490 e. The molecule has 0 spiro atoms. The molecule has 0 amide bonds. The van der Waals surface area contributed by atoms with Crippen molar-refractivity contribution in [2.75, 3.05) is 33.5 Å². The Labute approximate surface area is 119 Å². The van der Waals surface area contributed by atoms with Crippen LogP contribution in [0.5, 0.6) is 5.75 Å². The Kier molecular flexibility index (Phi) is 7.46. The van der Waals surface area contributed by atoms with Gasteiger partial charge in [-0.05, 0) is 25.5 Å². The van der Waals surface area contributed by atoms with Crippen LogP contribution < -0.4 is 10.5 Å². The second-order valence-electron chi connectivity index (χ2n) is 4.29. The van der Waals surface area contributed by atoms with Gasteiger partial charge < -0.3 is 25.2 Å². The molecule has 0 fully saturated rings. The zero-order valence-electron chi connectivity index (χ0n) is 12.0. The number of methoxy groups -OCH3 is 1. The van der Waals surface area contributed by atoms with Crippen LogP contribution in [0.3, 0.4) is 0 Å². The van der Waals surface area contributed by atoms with E-state index in [1.165, 1.54) is 0 Å². The predicted octanol–water partition coefficient (Wildman–Crippen LogP) is 1.52. The molecular formula is C14H22N2O4. The summed E-state index contributed by atoms with van der Waals surface area (Å²) in [7, 11) is 1.66. The summed E-state index contributed by atoms with van der Waals surface area (Å²) in [5, 5.41) is 11.8. The molecule has 6 heteroatoms. The Morgan fingerprint density at radius 2 is 2.05 bits per heavy atom. The second-order valence-corrected chi connectivity index (χ2v) is 4.29. The van der Waals surface area contributed by atoms with Gasteiger partial charge in [-0.1, -0.05) is 16.8 Å². The molecule has 0 bridgehead atoms. The number of aryl methyl sites for hydroxylation is 1. The van der Waals surface area contributed by atoms with Crippen LogP contribution in [0.25, 0.3) is 0 Å². The summed E-state index contributed by atoms with van der Waals surface area (Å²) in [4.78, 5) is 0. The maximum absolute atomic E-state index is 8.77. The molecule has 6 nitrogen and oxygen atoms in total. The zero-order valence-corrected chi connectivity index (χ0v) is 12.0. The molecule has 0 aliphatic carbocycles. The van der Waals surface area contributed by atoms with Gasteiger partial charge in [0.15, 0.2) is 5.84 Å². The molecule has 0 radical (unpaired) electrons. The molecule has 112 valence electrons. The van der Waals surface area contributed by atoms with E-state index in [1.807, 2.05) is 19.1 Å². The molecule has 0 saturated carbocycles. The summed E-state index contributed by atoms with van der Waals surface area (Å²) in [6.07, 6.45) is 0.858. The number of nitrogens with zero attached hydrogens (tertiary/aromatic N) is 1. The van der Waals surface area contributed by atoms with Crippen molar-refractivity contribution in [3.63, 3.8) is 0 Å². The highest BCUT2D eigenvalue weighted by atomic mass is 16.5. The number of benzene rings is 1. The minimum Gasteiger partial charge on any atom is -0.490 e. The normalized spacial score (nSPS) is 11.6. The first-order valence-corrected chi connectivity index (χ1v) is 6.47. The Hall–Kier alpha value is -1.79. The van der Waals surface area contributed by atoms with Crippen LogP contribution >= 0.6 is 0 Å². The first-order valence-electron chi connectivity index (χ1n) is 6.47. The Morgan fingerprint density at radius 1 is 1.25 bits per heavy atom. The van der Waals surface area contributed by atoms with E-state index in [-0.39, 0.29) is 5.84 Å². The molecule has 1 rings (SSSR count). The van der Waals surface area contributed by atoms with Crippen molar-refractivity contribution in [3.05, 3.63) is 29.3 Å². The first kappa shape index (κ1) is 16.3. The van der Waals surface area contributed by atoms with Gasteiger partial charge in [0.2, 0.25) is 0 Å². The van der Waals surface area contributed by atoms with Crippen LogP contribution in [-0.2, 0) is 9.47 Å². The smallest absolute Gasteiger partial charge is 0.173 e. The van der Waals surface area contributed by atoms with Gasteiger partial charge >= 0.3 is 0 Å². The summed E-state index contributed by atoms with van der Waals surface area (Å²) in [5.74, 6) is 0.608. The van der Waals surface area contributed by atoms with E-state index >= 15 is 0 Å². The highest BCUT2D eigenvalue weighted by molar-refractivity contribution is 5.99. The standard InChI is InChI=1S/C14H22N2O4/c1-11-4-5-13(12(10-11)14(15)16-17)20-9-8-19-7-3-6-18-2/h4-5,10,17H,3,6-9H2,1-2H3,(H2,15,16). The topological polar surface area (TPSA) is 86.3 Å². The Balaban J connectivity index is 2.43. The van der Waals surface area contributed by atoms with Crippen LogP contribution in [-0.4, -0.2) is 44.6 Å². The number of ether oxygens (including phenoxy) is 3. The van der Waals surface area contributed by atoms with Crippen LogP contribution in [0.2, 0.25) is 0 Å². The highest BCUT2D eigenvalue weighted by Crippen LogP contribution is 2.19. The Morgan fingerprint density at radius 3 is 2.75 bits per heavy atom. The molecule has 0 aromatic heterocycles. The van der Waals surface area contributed by atoms with Crippen molar-refractivity contribution < 1.29 is 19.4 Å². The maximum Gasteiger partial charge on any atom is 0.173 e. The lowest BCUT2D eigenvalue weighted by Crippen LogP contribution is -2.16. The molecule has 0 heterocycles. The van der Waals surface area contributed by atoms with Crippen molar-refractivity contribution in [1.82, 2.24) is 0 Å². The van der Waals surface area contributed by atoms with Crippen LogP contribution in [0.15, 0.2) is 23.4 Å². The van der Waals surface area contributed by atoms with Gasteiger partial charge in [0.1, 0.15) is 12.4 Å². The van der Waals surface area contributed by atoms with Crippen LogP contribution in [0.4, 0.5) is 0 Å². The molecule has 0 unspecified atom stereocenters. The van der Waals surface area contributed by atoms with Crippen molar-refractivity contribution in [1.29, 1.82) is 0 Å². The number of hydrogen-bond donors (Lipinski definition) is 2. The highest BCUT2D eigenvalue weighted by Gasteiger charge is 2.08. The number of nitrogens with two attached hydrogens (primary N) is 1. The van der Waals surface area contributed by atoms with Gasteiger partial charge in [-0.15, -0.1) is 0 Å². The van der Waals surface area contributed by atoms with Gasteiger partial charge in [-0.25, -0.2) is 0 Å². The molecule has 0 aliphatic rings. The van der Waals surface area contributed by atoms with E-state index in [2.05, 4.69) is 5.16 Å². The lowest BCUT2D eigenvalue weighted by Gasteiger charge is -2.11. The number of rotatable bonds is 9. The summed E-state index contributed by atoms with van der Waals surface area (Å²) in [6, 6.07) is 5.51. The summed E-state index contributed by atoms with van der Waals surface area (Å²) < 4.78 is 15.9. The quantitative estimate of drug-likeness (QED) is 0.236. The average molecular weight is 282 g/mol. The molecular weight excluding hydrogens is 260 g/mol. The van der Waals surface area contributed by atoms with E-state index in [0.717, 1.165) is 12.0 Å². The van der Waals surface area contributed by atoms with Crippen molar-refractivity contribution in [2.45, 2.75) is 13.3 Å². The molecule has 0 aliphatic heterocycles. The molecule has 1 aromatic rings. The fraction of sp³-hybridized carbons (Fsp3) is 0.500. The molecule has 20 heavy (non-hydrogen) atoms. The molecule has 0 saturated heterocycles. The minimum absolute atomic E-state index is 0.0321. The van der Waals surface area contributed by atoms with Crippen LogP contribution in [0.1, 0.15) is 17.5 Å². The number of amidine groups is 1. The van der Waals surface area contributed by atoms with Gasteiger partial charge in [-0.2, -0.15) is 0 Å².